The Kier molecular flexibility index (Phi) is 66.2. The summed E-state index contributed by atoms with van der Waals surface area (Å²) in [6.45, 7) is 4.20. The number of hydrogen-bond acceptors (Lipinski definition) is 5. The van der Waals surface area contributed by atoms with Crippen LogP contribution < -0.4 is 0 Å². The van der Waals surface area contributed by atoms with Gasteiger partial charge in [-0.2, -0.15) is 0 Å². The van der Waals surface area contributed by atoms with E-state index in [2.05, 4.69) is 38.2 Å². The van der Waals surface area contributed by atoms with Gasteiger partial charge in [-0.15, -0.1) is 0 Å². The summed E-state index contributed by atoms with van der Waals surface area (Å²) >= 11 is 0. The van der Waals surface area contributed by atoms with Crippen molar-refractivity contribution in [2.75, 3.05) is 13.2 Å². The molecule has 0 aromatic rings. The van der Waals surface area contributed by atoms with Gasteiger partial charge in [0.05, 0.1) is 6.61 Å². The highest BCUT2D eigenvalue weighted by molar-refractivity contribution is 5.70. The van der Waals surface area contributed by atoms with Gasteiger partial charge in [-0.05, 0) is 44.9 Å². The van der Waals surface area contributed by atoms with E-state index >= 15 is 0 Å². The number of aliphatic hydroxyl groups is 1. The van der Waals surface area contributed by atoms with Crippen LogP contribution in [0.25, 0.3) is 0 Å². The molecule has 76 heavy (non-hydrogen) atoms. The van der Waals surface area contributed by atoms with Crippen molar-refractivity contribution in [2.24, 2.45) is 0 Å². The third kappa shape index (κ3) is 64.9. The highest BCUT2D eigenvalue weighted by Gasteiger charge is 2.16. The lowest BCUT2D eigenvalue weighted by Crippen LogP contribution is -2.28. The molecule has 1 unspecified atom stereocenters. The average molecular weight is 1070 g/mol. The number of hydrogen-bond donors (Lipinski definition) is 1. The molecule has 0 radical (unpaired) electrons. The Hall–Kier alpha value is -1.62. The highest BCUT2D eigenvalue weighted by Crippen LogP contribution is 2.19. The van der Waals surface area contributed by atoms with Crippen molar-refractivity contribution in [1.29, 1.82) is 0 Å². The van der Waals surface area contributed by atoms with Crippen LogP contribution in [0.3, 0.4) is 0 Å². The predicted molar refractivity (Wildman–Crippen MR) is 335 cm³/mol. The minimum absolute atomic E-state index is 0.0568. The molecule has 5 heteroatoms. The maximum absolute atomic E-state index is 12.4. The van der Waals surface area contributed by atoms with E-state index in [0.29, 0.717) is 12.8 Å². The zero-order chi connectivity index (χ0) is 54.8. The Morgan fingerprint density at radius 2 is 0.526 bits per heavy atom. The van der Waals surface area contributed by atoms with Gasteiger partial charge in [-0.1, -0.05) is 366 Å². The van der Waals surface area contributed by atoms with Gasteiger partial charge in [0.1, 0.15) is 6.61 Å². The van der Waals surface area contributed by atoms with Crippen molar-refractivity contribution in [2.45, 2.75) is 405 Å². The molecule has 0 bridgehead atoms. The zero-order valence-electron chi connectivity index (χ0n) is 51.8. The quantitative estimate of drug-likeness (QED) is 0.0373. The molecular formula is C71H136O5. The summed E-state index contributed by atoms with van der Waals surface area (Å²) in [5.41, 5.74) is 0. The average Bonchev–Trinajstić information content (AvgIpc) is 3.42. The summed E-state index contributed by atoms with van der Waals surface area (Å²) in [5.74, 6) is -0.562. The summed E-state index contributed by atoms with van der Waals surface area (Å²) in [5, 5.41) is 9.69. The molecule has 5 nitrogen and oxygen atoms in total. The van der Waals surface area contributed by atoms with Gasteiger partial charge in [0.2, 0.25) is 0 Å². The molecule has 0 spiro atoms. The zero-order valence-corrected chi connectivity index (χ0v) is 51.8. The molecule has 0 aromatic carbocycles. The molecule has 450 valence electrons. The van der Waals surface area contributed by atoms with Gasteiger partial charge >= 0.3 is 11.9 Å². The number of carbonyl (C=O) groups excluding carboxylic acids is 2. The van der Waals surface area contributed by atoms with Crippen LogP contribution in [-0.2, 0) is 19.1 Å². The number of carbonyl (C=O) groups is 2. The first-order chi connectivity index (χ1) is 37.6. The Labute approximate surface area is 476 Å². The maximum atomic E-state index is 12.4. The fourth-order valence-electron chi connectivity index (χ4n) is 11.0. The van der Waals surface area contributed by atoms with Crippen LogP contribution in [0.2, 0.25) is 0 Å². The van der Waals surface area contributed by atoms with E-state index in [9.17, 15) is 14.7 Å². The topological polar surface area (TPSA) is 72.8 Å². The molecule has 0 rings (SSSR count). The van der Waals surface area contributed by atoms with Crippen molar-refractivity contribution < 1.29 is 24.2 Å². The lowest BCUT2D eigenvalue weighted by Gasteiger charge is -2.15. The summed E-state index contributed by atoms with van der Waals surface area (Å²) in [6, 6.07) is 0. The standard InChI is InChI=1S/C71H136O5/c1-3-5-7-9-11-13-15-17-19-21-23-25-26-27-28-29-30-31-32-33-34-35-36-37-38-39-40-41-42-43-44-46-48-50-52-54-56-58-60-62-64-66-71(74)76-69(67-72)68-75-70(73)65-63-61-59-57-55-53-51-49-47-45-24-22-20-18-16-14-12-10-8-6-4-2/h15,17,21,23,69,72H,3-14,16,18-20,22,24-68H2,1-2H3/b17-15-,23-21-. The molecule has 0 heterocycles. The number of ether oxygens (including phenoxy) is 2. The van der Waals surface area contributed by atoms with Crippen molar-refractivity contribution in [3.63, 3.8) is 0 Å². The van der Waals surface area contributed by atoms with Crippen LogP contribution in [-0.4, -0.2) is 36.4 Å². The lowest BCUT2D eigenvalue weighted by molar-refractivity contribution is -0.161. The Balaban J connectivity index is 3.34. The molecule has 0 aliphatic carbocycles. The number of rotatable bonds is 66. The first kappa shape index (κ1) is 74.4. The third-order valence-electron chi connectivity index (χ3n) is 16.2. The van der Waals surface area contributed by atoms with E-state index in [1.165, 1.54) is 334 Å². The number of aliphatic hydroxyl groups excluding tert-OH is 1. The summed E-state index contributed by atoms with van der Waals surface area (Å²) in [4.78, 5) is 24.6. The van der Waals surface area contributed by atoms with Gasteiger partial charge in [-0.25, -0.2) is 0 Å². The minimum atomic E-state index is -0.767. The monoisotopic (exact) mass is 1070 g/mol. The van der Waals surface area contributed by atoms with Gasteiger partial charge in [0.15, 0.2) is 6.10 Å². The van der Waals surface area contributed by atoms with Gasteiger partial charge < -0.3 is 14.6 Å². The second-order valence-corrected chi connectivity index (χ2v) is 24.0. The van der Waals surface area contributed by atoms with Crippen molar-refractivity contribution in [3.05, 3.63) is 24.3 Å². The summed E-state index contributed by atoms with van der Waals surface area (Å²) in [6.07, 6.45) is 88.0. The van der Waals surface area contributed by atoms with Crippen molar-refractivity contribution >= 4 is 11.9 Å². The predicted octanol–water partition coefficient (Wildman–Crippen LogP) is 24.0. The lowest BCUT2D eigenvalue weighted by atomic mass is 10.0. The fourth-order valence-corrected chi connectivity index (χ4v) is 11.0. The summed E-state index contributed by atoms with van der Waals surface area (Å²) < 4.78 is 10.8. The molecule has 0 aromatic heterocycles. The van der Waals surface area contributed by atoms with Gasteiger partial charge in [0.25, 0.3) is 0 Å². The van der Waals surface area contributed by atoms with E-state index < -0.39 is 6.10 Å². The molecule has 0 aliphatic rings. The molecule has 0 aliphatic heterocycles. The first-order valence-electron chi connectivity index (χ1n) is 34.9. The molecule has 1 atom stereocenters. The molecule has 0 saturated heterocycles. The smallest absolute Gasteiger partial charge is 0.306 e. The number of allylic oxidation sites excluding steroid dienone is 4. The first-order valence-corrected chi connectivity index (χ1v) is 34.9. The SMILES string of the molecule is CCCCCCC/C=C\C/C=C\CCCCCCCCCCCCCCCCCCCCCCCCCCCCCCCC(=O)OC(CO)COC(=O)CCCCCCCCCCCCCCCCCCCCCCC. The Morgan fingerprint density at radius 3 is 0.776 bits per heavy atom. The molecule has 0 saturated carbocycles. The Bertz CT molecular complexity index is 1160. The Morgan fingerprint density at radius 1 is 0.303 bits per heavy atom. The number of unbranched alkanes of at least 4 members (excludes halogenated alkanes) is 54. The van der Waals surface area contributed by atoms with Crippen molar-refractivity contribution in [3.8, 4) is 0 Å². The van der Waals surface area contributed by atoms with Crippen LogP contribution in [0.1, 0.15) is 399 Å². The van der Waals surface area contributed by atoms with E-state index in [1.54, 1.807) is 0 Å². The van der Waals surface area contributed by atoms with E-state index in [-0.39, 0.29) is 25.2 Å². The maximum Gasteiger partial charge on any atom is 0.306 e. The van der Waals surface area contributed by atoms with E-state index in [1.807, 2.05) is 0 Å². The second kappa shape index (κ2) is 67.7. The van der Waals surface area contributed by atoms with Crippen LogP contribution in [0.5, 0.6) is 0 Å². The van der Waals surface area contributed by atoms with Crippen LogP contribution in [0.15, 0.2) is 24.3 Å². The van der Waals surface area contributed by atoms with Crippen LogP contribution >= 0.6 is 0 Å². The minimum Gasteiger partial charge on any atom is -0.462 e. The second-order valence-electron chi connectivity index (χ2n) is 24.0. The third-order valence-corrected chi connectivity index (χ3v) is 16.2. The van der Waals surface area contributed by atoms with Gasteiger partial charge in [0, 0.05) is 12.8 Å². The molecule has 0 amide bonds. The molecule has 1 N–H and O–H groups in total. The fraction of sp³-hybridized carbons (Fsp3) is 0.915. The van der Waals surface area contributed by atoms with Crippen LogP contribution in [0.4, 0.5) is 0 Å². The largest absolute Gasteiger partial charge is 0.462 e. The normalized spacial score (nSPS) is 12.2. The van der Waals surface area contributed by atoms with Crippen molar-refractivity contribution in [1.82, 2.24) is 0 Å². The molecule has 0 fully saturated rings. The molecular weight excluding hydrogens is 933 g/mol. The van der Waals surface area contributed by atoms with Crippen LogP contribution in [0, 0.1) is 0 Å². The number of esters is 2. The highest BCUT2D eigenvalue weighted by atomic mass is 16.6. The van der Waals surface area contributed by atoms with E-state index in [0.717, 1.165) is 38.5 Å². The summed E-state index contributed by atoms with van der Waals surface area (Å²) in [7, 11) is 0. The van der Waals surface area contributed by atoms with Gasteiger partial charge in [-0.3, -0.25) is 9.59 Å². The van der Waals surface area contributed by atoms with E-state index in [4.69, 9.17) is 9.47 Å².